The van der Waals surface area contributed by atoms with E-state index in [-0.39, 0.29) is 46.5 Å². The summed E-state index contributed by atoms with van der Waals surface area (Å²) in [6.07, 6.45) is 11.5. The van der Waals surface area contributed by atoms with E-state index in [0.29, 0.717) is 0 Å². The van der Waals surface area contributed by atoms with Gasteiger partial charge in [0.05, 0.1) is 8.07 Å². The van der Waals surface area contributed by atoms with E-state index in [1.807, 2.05) is 11.3 Å². The Hall–Kier alpha value is 0.691. The van der Waals surface area contributed by atoms with Gasteiger partial charge in [-0.25, -0.2) is 11.3 Å². The van der Waals surface area contributed by atoms with E-state index in [1.54, 1.807) is 10.1 Å². The minimum atomic E-state index is -1.44. The number of halogens is 2. The van der Waals surface area contributed by atoms with Crippen LogP contribution in [-0.2, 0) is 28.1 Å². The third-order valence-corrected chi connectivity index (χ3v) is 9.00. The van der Waals surface area contributed by atoms with Crippen LogP contribution in [0.15, 0.2) is 28.8 Å². The van der Waals surface area contributed by atoms with Crippen LogP contribution in [0.1, 0.15) is 25.3 Å². The van der Waals surface area contributed by atoms with Crippen LogP contribution in [-0.4, -0.2) is 8.07 Å². The summed E-state index contributed by atoms with van der Waals surface area (Å²) in [5, 5.41) is 3.75. The molecule has 0 aromatic carbocycles. The van der Waals surface area contributed by atoms with Gasteiger partial charge in [-0.05, 0) is 27.9 Å². The van der Waals surface area contributed by atoms with Crippen molar-refractivity contribution in [1.82, 2.24) is 0 Å². The van der Waals surface area contributed by atoms with Crippen molar-refractivity contribution in [1.29, 1.82) is 0 Å². The van der Waals surface area contributed by atoms with Gasteiger partial charge in [0, 0.05) is 0 Å². The molecule has 0 spiro atoms. The predicted molar refractivity (Wildman–Crippen MR) is 75.9 cm³/mol. The first-order chi connectivity index (χ1) is 7.66. The quantitative estimate of drug-likeness (QED) is 0.421. The van der Waals surface area contributed by atoms with Gasteiger partial charge < -0.3 is 24.8 Å². The van der Waals surface area contributed by atoms with Crippen molar-refractivity contribution in [3.05, 3.63) is 40.4 Å². The van der Waals surface area contributed by atoms with E-state index >= 15 is 0 Å². The van der Waals surface area contributed by atoms with Gasteiger partial charge in [0.25, 0.3) is 0 Å². The molecule has 2 rings (SSSR count). The molecule has 0 atom stereocenters. The fourth-order valence-corrected chi connectivity index (χ4v) is 7.04. The molecule has 5 heteroatoms. The fraction of sp³-hybridized carbons (Fsp3) is 0.429. The Morgan fingerprint density at radius 1 is 1.32 bits per heavy atom. The van der Waals surface area contributed by atoms with E-state index in [0.717, 1.165) is 6.42 Å². The van der Waals surface area contributed by atoms with Crippen molar-refractivity contribution < 1.29 is 46.5 Å². The molecule has 0 N–H and O–H groups in total. The molecule has 0 aliphatic heterocycles. The smallest absolute Gasteiger partial charge is 1.00 e. The monoisotopic (exact) mass is 365 g/mol. The summed E-state index contributed by atoms with van der Waals surface area (Å²) < 4.78 is 1.66. The summed E-state index contributed by atoms with van der Waals surface area (Å²) in [6.45, 7) is 7.17. The fourth-order valence-electron chi connectivity index (χ4n) is 2.31. The zero-order valence-electron chi connectivity index (χ0n) is 11.6. The van der Waals surface area contributed by atoms with E-state index in [1.165, 1.54) is 18.0 Å². The van der Waals surface area contributed by atoms with E-state index in [9.17, 15) is 0 Å². The second-order valence-corrected chi connectivity index (χ2v) is 10.4. The molecule has 0 saturated carbocycles. The first kappa shape index (κ1) is 22.0. The van der Waals surface area contributed by atoms with Crippen LogP contribution in [0.5, 0.6) is 0 Å². The molecule has 1 aromatic rings. The Kier molecular flexibility index (Phi) is 11.1. The van der Waals surface area contributed by atoms with E-state index < -0.39 is 8.07 Å². The van der Waals surface area contributed by atoms with Crippen molar-refractivity contribution in [2.24, 2.45) is 0 Å². The molecule has 1 aliphatic carbocycles. The van der Waals surface area contributed by atoms with Gasteiger partial charge in [-0.15, -0.1) is 6.42 Å². The number of hydrogen-bond donors (Lipinski definition) is 0. The Morgan fingerprint density at radius 3 is 2.53 bits per heavy atom. The number of hydrogen-bond acceptors (Lipinski definition) is 1. The van der Waals surface area contributed by atoms with Crippen molar-refractivity contribution in [3.63, 3.8) is 0 Å². The number of thiophene rings is 1. The van der Waals surface area contributed by atoms with Gasteiger partial charge in [-0.3, -0.25) is 6.08 Å². The third-order valence-electron chi connectivity index (χ3n) is 3.20. The molecule has 0 saturated heterocycles. The van der Waals surface area contributed by atoms with Gasteiger partial charge in [0.1, 0.15) is 0 Å². The summed E-state index contributed by atoms with van der Waals surface area (Å²) in [5.74, 6) is 0. The first-order valence-electron chi connectivity index (χ1n) is 6.01. The van der Waals surface area contributed by atoms with E-state index in [2.05, 4.69) is 49.7 Å². The Morgan fingerprint density at radius 2 is 2.00 bits per heavy atom. The number of allylic oxidation sites excluding steroid dienone is 4. The zero-order chi connectivity index (χ0) is 11.6. The molecular weight excluding hydrogens is 347 g/mol. The Bertz CT molecular complexity index is 438. The van der Waals surface area contributed by atoms with Crippen LogP contribution in [0.4, 0.5) is 0 Å². The molecule has 1 radical (unpaired) electrons. The summed E-state index contributed by atoms with van der Waals surface area (Å²) >= 11 is 1.95. The summed E-state index contributed by atoms with van der Waals surface area (Å²) in [6, 6.07) is 2.32. The molecule has 0 bridgehead atoms. The maximum atomic E-state index is 3.53. The van der Waals surface area contributed by atoms with E-state index in [4.69, 9.17) is 0 Å². The molecule has 1 aliphatic rings. The minimum absolute atomic E-state index is 0. The SMILES string of the molecule is CCCc1ccsc1[Si](C)(C)C1=[C-]CC=C1.[Cl-].[Cl-].[Ti+3]. The van der Waals surface area contributed by atoms with Crippen LogP contribution in [0.2, 0.25) is 13.1 Å². The third kappa shape index (κ3) is 4.87. The van der Waals surface area contributed by atoms with Crippen LogP contribution < -0.4 is 29.3 Å². The minimum Gasteiger partial charge on any atom is -1.00 e. The summed E-state index contributed by atoms with van der Waals surface area (Å²) in [5.41, 5.74) is 1.58. The van der Waals surface area contributed by atoms with Gasteiger partial charge >= 0.3 is 21.7 Å². The first-order valence-corrected chi connectivity index (χ1v) is 9.89. The molecule has 1 heterocycles. The second-order valence-electron chi connectivity index (χ2n) is 4.85. The van der Waals surface area contributed by atoms with Crippen molar-refractivity contribution in [2.45, 2.75) is 39.3 Å². The Labute approximate surface area is 149 Å². The maximum absolute atomic E-state index is 3.53. The normalized spacial score (nSPS) is 13.1. The average Bonchev–Trinajstić information content (AvgIpc) is 2.88. The number of aryl methyl sites for hydroxylation is 1. The topological polar surface area (TPSA) is 0 Å². The van der Waals surface area contributed by atoms with Gasteiger partial charge in [0.2, 0.25) is 0 Å². The van der Waals surface area contributed by atoms with Crippen molar-refractivity contribution in [3.8, 4) is 0 Å². The zero-order valence-corrected chi connectivity index (χ0v) is 16.5. The maximum Gasteiger partial charge on any atom is 3.00 e. The predicted octanol–water partition coefficient (Wildman–Crippen LogP) is -2.15. The second kappa shape index (κ2) is 9.60. The van der Waals surface area contributed by atoms with Crippen LogP contribution >= 0.6 is 11.3 Å². The molecule has 0 fully saturated rings. The standard InChI is InChI=1S/C14H19SSi.2ClH.Ti/c1-4-7-12-10-11-15-14(12)16(2,3)13-8-5-6-9-13;;;/h5,8,10-11H,4,6-7H2,1-3H3;2*1H;/q-1;;;+3/p-2. The van der Waals surface area contributed by atoms with Crippen LogP contribution in [0, 0.1) is 6.08 Å². The molecule has 0 nitrogen and oxygen atoms in total. The molecular formula is C14H19Cl2SSiTi. The molecule has 0 unspecified atom stereocenters. The van der Waals surface area contributed by atoms with Gasteiger partial charge in [0.15, 0.2) is 0 Å². The van der Waals surface area contributed by atoms with Crippen LogP contribution in [0.25, 0.3) is 0 Å². The van der Waals surface area contributed by atoms with Gasteiger partial charge in [-0.1, -0.05) is 26.4 Å². The van der Waals surface area contributed by atoms with Crippen molar-refractivity contribution >= 4 is 23.9 Å². The average molecular weight is 366 g/mol. The summed E-state index contributed by atoms with van der Waals surface area (Å²) in [4.78, 5) is 0. The summed E-state index contributed by atoms with van der Waals surface area (Å²) in [7, 11) is -1.44. The molecule has 19 heavy (non-hydrogen) atoms. The van der Waals surface area contributed by atoms with Gasteiger partial charge in [-0.2, -0.15) is 17.4 Å². The molecule has 0 amide bonds. The Balaban J connectivity index is 0. The number of rotatable bonds is 4. The largest absolute Gasteiger partial charge is 3.00 e. The molecule has 103 valence electrons. The van der Waals surface area contributed by atoms with Crippen molar-refractivity contribution in [2.75, 3.05) is 0 Å². The molecule has 1 aromatic heterocycles. The van der Waals surface area contributed by atoms with Crippen LogP contribution in [0.3, 0.4) is 0 Å².